The summed E-state index contributed by atoms with van der Waals surface area (Å²) in [4.78, 5) is 13.5. The molecule has 3 aromatic heterocycles. The number of pyridine rings is 3. The van der Waals surface area contributed by atoms with Crippen LogP contribution in [0.25, 0.3) is 32.9 Å². The highest BCUT2D eigenvalue weighted by Gasteiger charge is 2.19. The summed E-state index contributed by atoms with van der Waals surface area (Å²) in [6.07, 6.45) is 5.81. The van der Waals surface area contributed by atoms with Gasteiger partial charge in [0.05, 0.1) is 37.7 Å². The van der Waals surface area contributed by atoms with Crippen molar-refractivity contribution in [2.24, 2.45) is 5.73 Å². The minimum Gasteiger partial charge on any atom is -0.493 e. The molecule has 0 unspecified atom stereocenters. The molecular weight excluding hydrogens is 535 g/mol. The molecule has 0 saturated carbocycles. The second-order valence-corrected chi connectivity index (χ2v) is 10.9. The molecule has 0 spiro atoms. The Hall–Kier alpha value is -4.54. The van der Waals surface area contributed by atoms with Crippen LogP contribution in [0.5, 0.6) is 17.2 Å². The Balaban J connectivity index is 1.30. The number of anilines is 1. The summed E-state index contributed by atoms with van der Waals surface area (Å²) in [5.41, 5.74) is 15.7. The SMILES string of the molecule is COc1cc2ncc3c(N)nc(-c4cncc(OC[C@@H](N)CNC(C)(C)Cc5ccc(F)cc5)c4)cc3c2cc1OC. The maximum atomic E-state index is 13.2. The monoisotopic (exact) mass is 570 g/mol. The Morgan fingerprint density at radius 3 is 2.40 bits per heavy atom. The summed E-state index contributed by atoms with van der Waals surface area (Å²) in [6.45, 7) is 5.01. The number of nitrogens with two attached hydrogens (primary N) is 2. The molecule has 5 rings (SSSR count). The van der Waals surface area contributed by atoms with E-state index in [-0.39, 0.29) is 24.0 Å². The number of ether oxygens (including phenoxy) is 3. The van der Waals surface area contributed by atoms with Crippen LogP contribution in [0.15, 0.2) is 67.1 Å². The van der Waals surface area contributed by atoms with E-state index in [2.05, 4.69) is 34.1 Å². The van der Waals surface area contributed by atoms with Gasteiger partial charge in [0.25, 0.3) is 0 Å². The summed E-state index contributed by atoms with van der Waals surface area (Å²) >= 11 is 0. The predicted molar refractivity (Wildman–Crippen MR) is 163 cm³/mol. The van der Waals surface area contributed by atoms with Crippen molar-refractivity contribution < 1.29 is 18.6 Å². The van der Waals surface area contributed by atoms with Crippen molar-refractivity contribution in [1.29, 1.82) is 0 Å². The second kappa shape index (κ2) is 12.1. The van der Waals surface area contributed by atoms with Gasteiger partial charge in [0.2, 0.25) is 0 Å². The number of fused-ring (bicyclic) bond motifs is 3. The van der Waals surface area contributed by atoms with Gasteiger partial charge in [0, 0.05) is 46.9 Å². The minimum atomic E-state index is -0.263. The van der Waals surface area contributed by atoms with E-state index >= 15 is 0 Å². The number of halogens is 1. The van der Waals surface area contributed by atoms with Crippen molar-refractivity contribution >= 4 is 27.5 Å². The number of hydrogen-bond acceptors (Lipinski definition) is 9. The molecule has 0 bridgehead atoms. The van der Waals surface area contributed by atoms with Gasteiger partial charge in [-0.15, -0.1) is 0 Å². The summed E-state index contributed by atoms with van der Waals surface area (Å²) in [7, 11) is 3.19. The highest BCUT2D eigenvalue weighted by Crippen LogP contribution is 2.37. The third-order valence-corrected chi connectivity index (χ3v) is 7.09. The van der Waals surface area contributed by atoms with E-state index in [1.54, 1.807) is 44.9 Å². The minimum absolute atomic E-state index is 0.229. The van der Waals surface area contributed by atoms with Crippen LogP contribution in [-0.2, 0) is 6.42 Å². The van der Waals surface area contributed by atoms with Gasteiger partial charge in [0.15, 0.2) is 11.5 Å². The van der Waals surface area contributed by atoms with Crippen molar-refractivity contribution in [3.8, 4) is 28.5 Å². The smallest absolute Gasteiger partial charge is 0.162 e. The molecule has 0 fully saturated rings. The van der Waals surface area contributed by atoms with E-state index in [0.29, 0.717) is 35.3 Å². The van der Waals surface area contributed by atoms with Gasteiger partial charge in [-0.1, -0.05) is 12.1 Å². The number of benzene rings is 2. The quantitative estimate of drug-likeness (QED) is 0.190. The van der Waals surface area contributed by atoms with Gasteiger partial charge in [-0.3, -0.25) is 9.97 Å². The second-order valence-electron chi connectivity index (χ2n) is 10.9. The van der Waals surface area contributed by atoms with Gasteiger partial charge >= 0.3 is 0 Å². The summed E-state index contributed by atoms with van der Waals surface area (Å²) in [5.74, 6) is 1.87. The number of hydrogen-bond donors (Lipinski definition) is 3. The number of aromatic nitrogens is 3. The van der Waals surface area contributed by atoms with Crippen LogP contribution >= 0.6 is 0 Å². The summed E-state index contributed by atoms with van der Waals surface area (Å²) < 4.78 is 30.2. The molecule has 0 aliphatic carbocycles. The molecule has 0 radical (unpaired) electrons. The molecule has 3 heterocycles. The van der Waals surface area contributed by atoms with Crippen LogP contribution in [0, 0.1) is 5.82 Å². The first-order chi connectivity index (χ1) is 20.2. The Morgan fingerprint density at radius 2 is 1.67 bits per heavy atom. The molecule has 0 amide bonds. The van der Waals surface area contributed by atoms with Gasteiger partial charge in [0.1, 0.15) is 24.0 Å². The van der Waals surface area contributed by atoms with Crippen LogP contribution in [0.4, 0.5) is 10.2 Å². The lowest BCUT2D eigenvalue weighted by molar-refractivity contribution is 0.268. The van der Waals surface area contributed by atoms with Crippen molar-refractivity contribution in [3.05, 3.63) is 78.5 Å². The Bertz CT molecular complexity index is 1710. The number of rotatable bonds is 11. The molecule has 42 heavy (non-hydrogen) atoms. The fourth-order valence-corrected chi connectivity index (χ4v) is 4.89. The lowest BCUT2D eigenvalue weighted by Gasteiger charge is -2.28. The van der Waals surface area contributed by atoms with E-state index in [9.17, 15) is 4.39 Å². The lowest BCUT2D eigenvalue weighted by atomic mass is 9.94. The van der Waals surface area contributed by atoms with Crippen LogP contribution < -0.4 is 31.0 Å². The van der Waals surface area contributed by atoms with Gasteiger partial charge in [-0.05, 0) is 61.5 Å². The average molecular weight is 571 g/mol. The maximum absolute atomic E-state index is 13.2. The molecule has 0 aliphatic rings. The highest BCUT2D eigenvalue weighted by atomic mass is 19.1. The maximum Gasteiger partial charge on any atom is 0.162 e. The molecule has 0 saturated heterocycles. The first-order valence-corrected chi connectivity index (χ1v) is 13.6. The zero-order valence-corrected chi connectivity index (χ0v) is 24.1. The number of nitrogens with zero attached hydrogens (tertiary/aromatic N) is 3. The molecule has 2 aromatic carbocycles. The largest absolute Gasteiger partial charge is 0.493 e. The van der Waals surface area contributed by atoms with Crippen molar-refractivity contribution in [1.82, 2.24) is 20.3 Å². The number of nitrogen functional groups attached to an aromatic ring is 1. The van der Waals surface area contributed by atoms with E-state index in [1.807, 2.05) is 24.3 Å². The number of methoxy groups -OCH3 is 2. The Morgan fingerprint density at radius 1 is 0.929 bits per heavy atom. The highest BCUT2D eigenvalue weighted by molar-refractivity contribution is 6.10. The molecule has 5 N–H and O–H groups in total. The van der Waals surface area contributed by atoms with Crippen LogP contribution in [0.2, 0.25) is 0 Å². The van der Waals surface area contributed by atoms with Crippen molar-refractivity contribution in [2.45, 2.75) is 31.8 Å². The van der Waals surface area contributed by atoms with Crippen LogP contribution in [0.1, 0.15) is 19.4 Å². The standard InChI is InChI=1S/C32H35FN6O3/c1-32(2,13-19-5-7-21(33)8-6-19)38-15-22(34)18-42-23-9-20(14-36-16-23)27-10-24-25-11-29(40-3)30(41-4)12-28(25)37-17-26(24)31(35)39-27/h5-12,14,16-17,22,38H,13,15,18,34H2,1-4H3,(H2,35,39)/t22-/m0/s1. The van der Waals surface area contributed by atoms with Gasteiger partial charge < -0.3 is 31.0 Å². The zero-order chi connectivity index (χ0) is 29.9. The molecule has 9 nitrogen and oxygen atoms in total. The average Bonchev–Trinajstić information content (AvgIpc) is 2.99. The fourth-order valence-electron chi connectivity index (χ4n) is 4.89. The normalized spacial score (nSPS) is 12.4. The molecule has 218 valence electrons. The van der Waals surface area contributed by atoms with Gasteiger partial charge in [-0.25, -0.2) is 9.37 Å². The lowest BCUT2D eigenvalue weighted by Crippen LogP contribution is -2.48. The van der Waals surface area contributed by atoms with E-state index in [4.69, 9.17) is 25.7 Å². The summed E-state index contributed by atoms with van der Waals surface area (Å²) in [5, 5.41) is 5.97. The topological polar surface area (TPSA) is 130 Å². The van der Waals surface area contributed by atoms with Crippen molar-refractivity contribution in [3.63, 3.8) is 0 Å². The van der Waals surface area contributed by atoms with E-state index in [0.717, 1.165) is 39.2 Å². The van der Waals surface area contributed by atoms with Crippen LogP contribution in [0.3, 0.4) is 0 Å². The number of nitrogens with one attached hydrogen (secondary N) is 1. The predicted octanol–water partition coefficient (Wildman–Crippen LogP) is 4.90. The van der Waals surface area contributed by atoms with Crippen LogP contribution in [-0.4, -0.2) is 53.9 Å². The third-order valence-electron chi connectivity index (χ3n) is 7.09. The van der Waals surface area contributed by atoms with E-state index < -0.39 is 0 Å². The van der Waals surface area contributed by atoms with Crippen molar-refractivity contribution in [2.75, 3.05) is 33.1 Å². The molecule has 5 aromatic rings. The summed E-state index contributed by atoms with van der Waals surface area (Å²) in [6, 6.07) is 13.8. The molecule has 1 atom stereocenters. The molecule has 10 heteroatoms. The van der Waals surface area contributed by atoms with Gasteiger partial charge in [-0.2, -0.15) is 0 Å². The Labute approximate surface area is 244 Å². The first-order valence-electron chi connectivity index (χ1n) is 13.6. The van der Waals surface area contributed by atoms with E-state index in [1.165, 1.54) is 12.1 Å². The first kappa shape index (κ1) is 29.0. The third kappa shape index (κ3) is 6.50. The zero-order valence-electron chi connectivity index (χ0n) is 24.1. The Kier molecular flexibility index (Phi) is 8.37. The fraction of sp³-hybridized carbons (Fsp3) is 0.281. The molecular formula is C32H35FN6O3. The molecule has 0 aliphatic heterocycles.